The number of piperidine rings is 1. The zero-order valence-electron chi connectivity index (χ0n) is 14.0. The first-order chi connectivity index (χ1) is 10.5. The molecule has 0 radical (unpaired) electrons. The summed E-state index contributed by atoms with van der Waals surface area (Å²) in [6, 6.07) is 6.60. The van der Waals surface area contributed by atoms with E-state index in [0.29, 0.717) is 13.0 Å². The number of aryl methyl sites for hydroxylation is 2. The molecule has 0 aromatic heterocycles. The second-order valence-corrected chi connectivity index (χ2v) is 6.42. The normalized spacial score (nSPS) is 21.7. The molecule has 22 heavy (non-hydrogen) atoms. The molecule has 1 aromatic carbocycles. The number of likely N-dealkylation sites (tertiary alicyclic amines) is 1. The van der Waals surface area contributed by atoms with Gasteiger partial charge in [0.2, 0.25) is 5.91 Å². The van der Waals surface area contributed by atoms with Crippen LogP contribution in [0.15, 0.2) is 18.2 Å². The minimum atomic E-state index is 0.225. The summed E-state index contributed by atoms with van der Waals surface area (Å²) in [4.78, 5) is 14.2. The van der Waals surface area contributed by atoms with E-state index >= 15 is 0 Å². The maximum Gasteiger partial charge on any atom is 0.222 e. The van der Waals surface area contributed by atoms with Crippen molar-refractivity contribution in [2.24, 2.45) is 5.73 Å². The van der Waals surface area contributed by atoms with Crippen LogP contribution < -0.4 is 10.5 Å². The van der Waals surface area contributed by atoms with Crippen LogP contribution in [0, 0.1) is 13.8 Å². The number of rotatable bonds is 5. The van der Waals surface area contributed by atoms with E-state index in [1.165, 1.54) is 11.1 Å². The van der Waals surface area contributed by atoms with Crippen LogP contribution in [0.1, 0.15) is 43.7 Å². The number of nitrogens with zero attached hydrogens (tertiary/aromatic N) is 1. The second kappa shape index (κ2) is 7.63. The monoisotopic (exact) mass is 304 g/mol. The number of carbonyl (C=O) groups is 1. The molecule has 1 aliphatic heterocycles. The van der Waals surface area contributed by atoms with Crippen molar-refractivity contribution in [2.45, 2.75) is 58.5 Å². The topological polar surface area (TPSA) is 55.6 Å². The van der Waals surface area contributed by atoms with Gasteiger partial charge in [0.1, 0.15) is 5.75 Å². The minimum absolute atomic E-state index is 0.225. The van der Waals surface area contributed by atoms with Crippen molar-refractivity contribution in [3.8, 4) is 5.75 Å². The van der Waals surface area contributed by atoms with Crippen molar-refractivity contribution >= 4 is 5.91 Å². The van der Waals surface area contributed by atoms with E-state index in [-0.39, 0.29) is 18.0 Å². The van der Waals surface area contributed by atoms with Crippen LogP contribution >= 0.6 is 0 Å². The first-order valence-electron chi connectivity index (χ1n) is 8.22. The molecular formula is C18H28N2O2. The Balaban J connectivity index is 1.72. The lowest BCUT2D eigenvalue weighted by Gasteiger charge is -2.36. The van der Waals surface area contributed by atoms with Gasteiger partial charge in [0.25, 0.3) is 0 Å². The van der Waals surface area contributed by atoms with E-state index < -0.39 is 0 Å². The number of ether oxygens (including phenoxy) is 1. The number of carbonyl (C=O) groups excluding carboxylic acids is 1. The number of hydrogen-bond acceptors (Lipinski definition) is 3. The Kier molecular flexibility index (Phi) is 5.83. The second-order valence-electron chi connectivity index (χ2n) is 6.42. The molecule has 0 bridgehead atoms. The summed E-state index contributed by atoms with van der Waals surface area (Å²) in [6.45, 7) is 7.62. The summed E-state index contributed by atoms with van der Waals surface area (Å²) in [5.41, 5.74) is 8.43. The van der Waals surface area contributed by atoms with Crippen LogP contribution in [0.2, 0.25) is 0 Å². The Bertz CT molecular complexity index is 516. The van der Waals surface area contributed by atoms with Crippen LogP contribution in [0.4, 0.5) is 0 Å². The Labute approximate surface area is 133 Å². The molecule has 1 fully saturated rings. The van der Waals surface area contributed by atoms with E-state index in [1.54, 1.807) is 0 Å². The van der Waals surface area contributed by atoms with Crippen LogP contribution in [-0.4, -0.2) is 36.0 Å². The highest BCUT2D eigenvalue weighted by atomic mass is 16.5. The number of amides is 1. The lowest BCUT2D eigenvalue weighted by molar-refractivity contribution is -0.134. The van der Waals surface area contributed by atoms with E-state index in [2.05, 4.69) is 26.8 Å². The van der Waals surface area contributed by atoms with E-state index in [4.69, 9.17) is 10.5 Å². The van der Waals surface area contributed by atoms with Gasteiger partial charge in [0.15, 0.2) is 0 Å². The molecule has 1 aliphatic rings. The molecular weight excluding hydrogens is 276 g/mol. The predicted octanol–water partition coefficient (Wildman–Crippen LogP) is 2.80. The summed E-state index contributed by atoms with van der Waals surface area (Å²) in [7, 11) is 0. The molecule has 0 spiro atoms. The van der Waals surface area contributed by atoms with Crippen molar-refractivity contribution < 1.29 is 9.53 Å². The van der Waals surface area contributed by atoms with Crippen LogP contribution in [-0.2, 0) is 4.79 Å². The molecule has 0 saturated carbocycles. The summed E-state index contributed by atoms with van der Waals surface area (Å²) in [5.74, 6) is 1.11. The third-order valence-corrected chi connectivity index (χ3v) is 4.52. The van der Waals surface area contributed by atoms with Gasteiger partial charge in [-0.15, -0.1) is 0 Å². The SMILES string of the molecule is Cc1ccc(OCCCC(=O)N2CC[C@@H](N)C[C@H]2C)cc1C. The molecule has 0 unspecified atom stereocenters. The third-order valence-electron chi connectivity index (χ3n) is 4.52. The van der Waals surface area contributed by atoms with Crippen LogP contribution in [0.5, 0.6) is 5.75 Å². The molecule has 1 heterocycles. The average Bonchev–Trinajstić information content (AvgIpc) is 2.47. The van der Waals surface area contributed by atoms with Gasteiger partial charge in [-0.2, -0.15) is 0 Å². The molecule has 1 aromatic rings. The predicted molar refractivity (Wildman–Crippen MR) is 89.0 cm³/mol. The van der Waals surface area contributed by atoms with E-state index in [0.717, 1.165) is 31.6 Å². The van der Waals surface area contributed by atoms with Crippen molar-refractivity contribution in [3.05, 3.63) is 29.3 Å². The molecule has 1 amide bonds. The molecule has 122 valence electrons. The van der Waals surface area contributed by atoms with Crippen LogP contribution in [0.25, 0.3) is 0 Å². The van der Waals surface area contributed by atoms with Gasteiger partial charge in [0, 0.05) is 25.0 Å². The highest BCUT2D eigenvalue weighted by molar-refractivity contribution is 5.76. The smallest absolute Gasteiger partial charge is 0.222 e. The van der Waals surface area contributed by atoms with Gasteiger partial charge in [0.05, 0.1) is 6.61 Å². The maximum absolute atomic E-state index is 12.3. The van der Waals surface area contributed by atoms with Crippen molar-refractivity contribution in [2.75, 3.05) is 13.2 Å². The fraction of sp³-hybridized carbons (Fsp3) is 0.611. The summed E-state index contributed by atoms with van der Waals surface area (Å²) in [5, 5.41) is 0. The zero-order valence-corrected chi connectivity index (χ0v) is 14.0. The molecule has 4 nitrogen and oxygen atoms in total. The highest BCUT2D eigenvalue weighted by Crippen LogP contribution is 2.18. The molecule has 2 N–H and O–H groups in total. The quantitative estimate of drug-likeness (QED) is 0.851. The Morgan fingerprint density at radius 3 is 2.82 bits per heavy atom. The first-order valence-corrected chi connectivity index (χ1v) is 8.22. The highest BCUT2D eigenvalue weighted by Gasteiger charge is 2.26. The maximum atomic E-state index is 12.3. The molecule has 2 rings (SSSR count). The Hall–Kier alpha value is -1.55. The summed E-state index contributed by atoms with van der Waals surface area (Å²) >= 11 is 0. The van der Waals surface area contributed by atoms with Gasteiger partial charge in [-0.25, -0.2) is 0 Å². The van der Waals surface area contributed by atoms with Gasteiger partial charge in [-0.3, -0.25) is 4.79 Å². The standard InChI is InChI=1S/C18H28N2O2/c1-13-6-7-17(11-14(13)2)22-10-4-5-18(21)20-9-8-16(19)12-15(20)3/h6-7,11,15-16H,4-5,8-10,12,19H2,1-3H3/t15-,16-/m1/s1. The van der Waals surface area contributed by atoms with Gasteiger partial charge in [-0.1, -0.05) is 6.07 Å². The lowest BCUT2D eigenvalue weighted by Crippen LogP contribution is -2.48. The van der Waals surface area contributed by atoms with Crippen LogP contribution in [0.3, 0.4) is 0 Å². The minimum Gasteiger partial charge on any atom is -0.494 e. The van der Waals surface area contributed by atoms with Crippen molar-refractivity contribution in [1.29, 1.82) is 0 Å². The third kappa shape index (κ3) is 4.47. The molecule has 2 atom stereocenters. The fourth-order valence-electron chi connectivity index (χ4n) is 2.94. The lowest BCUT2D eigenvalue weighted by atomic mass is 9.98. The fourth-order valence-corrected chi connectivity index (χ4v) is 2.94. The summed E-state index contributed by atoms with van der Waals surface area (Å²) < 4.78 is 5.73. The molecule has 0 aliphatic carbocycles. The number of benzene rings is 1. The largest absolute Gasteiger partial charge is 0.494 e. The van der Waals surface area contributed by atoms with Crippen molar-refractivity contribution in [1.82, 2.24) is 4.90 Å². The Morgan fingerprint density at radius 2 is 2.14 bits per heavy atom. The van der Waals surface area contributed by atoms with E-state index in [1.807, 2.05) is 17.0 Å². The summed E-state index contributed by atoms with van der Waals surface area (Å²) in [6.07, 6.45) is 3.12. The molecule has 1 saturated heterocycles. The van der Waals surface area contributed by atoms with Crippen molar-refractivity contribution in [3.63, 3.8) is 0 Å². The average molecular weight is 304 g/mol. The first kappa shape index (κ1) is 16.8. The number of hydrogen-bond donors (Lipinski definition) is 1. The zero-order chi connectivity index (χ0) is 16.1. The number of nitrogens with two attached hydrogens (primary N) is 1. The van der Waals surface area contributed by atoms with Gasteiger partial charge >= 0.3 is 0 Å². The van der Waals surface area contributed by atoms with Gasteiger partial charge in [-0.05, 0) is 63.3 Å². The van der Waals surface area contributed by atoms with E-state index in [9.17, 15) is 4.79 Å². The molecule has 4 heteroatoms. The Morgan fingerprint density at radius 1 is 1.36 bits per heavy atom. The van der Waals surface area contributed by atoms with Gasteiger partial charge < -0.3 is 15.4 Å².